The Hall–Kier alpha value is -1.42. The lowest BCUT2D eigenvalue weighted by Crippen LogP contribution is -2.43. The molecule has 0 saturated heterocycles. The van der Waals surface area contributed by atoms with Crippen molar-refractivity contribution in [1.82, 2.24) is 14.7 Å². The van der Waals surface area contributed by atoms with E-state index in [1.807, 2.05) is 22.7 Å². The van der Waals surface area contributed by atoms with Gasteiger partial charge in [0.15, 0.2) is 0 Å². The molecule has 0 saturated carbocycles. The van der Waals surface area contributed by atoms with Gasteiger partial charge in [0.25, 0.3) is 0 Å². The molecule has 0 fully saturated rings. The smallest absolute Gasteiger partial charge is 0.220 e. The first kappa shape index (κ1) is 11.7. The summed E-state index contributed by atoms with van der Waals surface area (Å²) >= 11 is 0. The lowest BCUT2D eigenvalue weighted by atomic mass is 10.7. The fraction of sp³-hybridized carbons (Fsp3) is 0.273. The molecule has 0 unspecified atom stereocenters. The van der Waals surface area contributed by atoms with Gasteiger partial charge in [-0.2, -0.15) is 10.2 Å². The largest absolute Gasteiger partial charge is 0.222 e. The fourth-order valence-electron chi connectivity index (χ4n) is 1.76. The Morgan fingerprint density at radius 1 is 0.933 bits per heavy atom. The average Bonchev–Trinajstić information content (AvgIpc) is 2.72. The van der Waals surface area contributed by atoms with Crippen molar-refractivity contribution in [2.75, 3.05) is 0 Å². The van der Waals surface area contributed by atoms with Gasteiger partial charge in [-0.15, -0.1) is 19.7 Å². The Morgan fingerprint density at radius 3 is 1.67 bits per heavy atom. The number of allylic oxidation sites excluding steroid dienone is 3. The Morgan fingerprint density at radius 2 is 1.33 bits per heavy atom. The molecule has 1 heterocycles. The maximum Gasteiger partial charge on any atom is 0.222 e. The van der Waals surface area contributed by atoms with Gasteiger partial charge < -0.3 is 0 Å². The first-order chi connectivity index (χ1) is 7.29. The minimum atomic E-state index is -1.78. The second-order valence-corrected chi connectivity index (χ2v) is 7.59. The van der Waals surface area contributed by atoms with Crippen molar-refractivity contribution in [3.63, 3.8) is 0 Å². The second-order valence-electron chi connectivity index (χ2n) is 3.52. The summed E-state index contributed by atoms with van der Waals surface area (Å²) in [6.45, 7) is 11.5. The van der Waals surface area contributed by atoms with E-state index in [0.29, 0.717) is 0 Å². The van der Waals surface area contributed by atoms with Crippen LogP contribution in [0.15, 0.2) is 50.4 Å². The van der Waals surface area contributed by atoms with Gasteiger partial charge in [0.2, 0.25) is 8.24 Å². The zero-order valence-electron chi connectivity index (χ0n) is 8.97. The topological polar surface area (TPSA) is 30.7 Å². The Bertz CT molecular complexity index is 303. The number of rotatable bonds is 7. The van der Waals surface area contributed by atoms with Crippen LogP contribution in [0.3, 0.4) is 0 Å². The van der Waals surface area contributed by atoms with Crippen LogP contribution in [0.5, 0.6) is 0 Å². The van der Waals surface area contributed by atoms with Crippen LogP contribution in [-0.2, 0) is 0 Å². The van der Waals surface area contributed by atoms with Crippen LogP contribution in [-0.4, -0.2) is 22.9 Å². The summed E-state index contributed by atoms with van der Waals surface area (Å²) in [7, 11) is -1.78. The molecule has 0 aliphatic rings. The molecule has 0 N–H and O–H groups in total. The summed E-state index contributed by atoms with van der Waals surface area (Å²) in [4.78, 5) is 0. The van der Waals surface area contributed by atoms with Crippen molar-refractivity contribution >= 4 is 8.24 Å². The molecular formula is C11H17N3Si. The third-order valence-electron chi connectivity index (χ3n) is 2.42. The van der Waals surface area contributed by atoms with Crippen LogP contribution < -0.4 is 0 Å². The molecule has 1 rings (SSSR count). The van der Waals surface area contributed by atoms with E-state index in [0.717, 1.165) is 18.1 Å². The second kappa shape index (κ2) is 5.46. The van der Waals surface area contributed by atoms with Crippen LogP contribution >= 0.6 is 0 Å². The molecule has 0 atom stereocenters. The van der Waals surface area contributed by atoms with Crippen molar-refractivity contribution in [3.8, 4) is 0 Å². The number of nitrogens with zero attached hydrogens (tertiary/aromatic N) is 3. The lowest BCUT2D eigenvalue weighted by molar-refractivity contribution is 0.781. The van der Waals surface area contributed by atoms with E-state index in [1.165, 1.54) is 0 Å². The van der Waals surface area contributed by atoms with Crippen LogP contribution in [0.1, 0.15) is 0 Å². The van der Waals surface area contributed by atoms with E-state index in [-0.39, 0.29) is 0 Å². The zero-order chi connectivity index (χ0) is 11.1. The maximum absolute atomic E-state index is 4.27. The summed E-state index contributed by atoms with van der Waals surface area (Å²) in [5.41, 5.74) is 0. The highest BCUT2D eigenvalue weighted by molar-refractivity contribution is 6.79. The van der Waals surface area contributed by atoms with Crippen molar-refractivity contribution in [3.05, 3.63) is 50.4 Å². The highest BCUT2D eigenvalue weighted by Crippen LogP contribution is 2.22. The van der Waals surface area contributed by atoms with E-state index in [9.17, 15) is 0 Å². The normalized spacial score (nSPS) is 10.9. The standard InChI is InChI=1S/C11H17N3Si/c1-4-9-15(10-5-2,11-6-3)14-12-7-8-13-14/h4-8H,1-3,9-11H2. The summed E-state index contributed by atoms with van der Waals surface area (Å²) < 4.78 is 1.87. The zero-order valence-corrected chi connectivity index (χ0v) is 9.97. The van der Waals surface area contributed by atoms with E-state index in [1.54, 1.807) is 12.4 Å². The molecule has 1 aromatic rings. The lowest BCUT2D eigenvalue weighted by Gasteiger charge is -2.26. The van der Waals surface area contributed by atoms with E-state index < -0.39 is 8.24 Å². The third-order valence-corrected chi connectivity index (χ3v) is 6.64. The molecule has 0 aromatic carbocycles. The molecule has 0 aliphatic heterocycles. The van der Waals surface area contributed by atoms with Crippen LogP contribution in [0, 0.1) is 0 Å². The molecule has 0 aliphatic carbocycles. The molecule has 15 heavy (non-hydrogen) atoms. The van der Waals surface area contributed by atoms with Crippen molar-refractivity contribution in [2.24, 2.45) is 0 Å². The predicted octanol–water partition coefficient (Wildman–Crippen LogP) is 2.63. The molecule has 0 amide bonds. The first-order valence-corrected chi connectivity index (χ1v) is 7.55. The average molecular weight is 219 g/mol. The van der Waals surface area contributed by atoms with Gasteiger partial charge in [-0.3, -0.25) is 0 Å². The molecule has 80 valence electrons. The highest BCUT2D eigenvalue weighted by Gasteiger charge is 2.34. The fourth-order valence-corrected chi connectivity index (χ4v) is 4.99. The van der Waals surface area contributed by atoms with Gasteiger partial charge in [0, 0.05) is 0 Å². The first-order valence-electron chi connectivity index (χ1n) is 4.98. The van der Waals surface area contributed by atoms with E-state index in [4.69, 9.17) is 0 Å². The SMILES string of the molecule is C=CC[Si](CC=C)(CC=C)n1nccn1. The highest BCUT2D eigenvalue weighted by atomic mass is 28.3. The maximum atomic E-state index is 4.27. The van der Waals surface area contributed by atoms with Gasteiger partial charge in [0.1, 0.15) is 0 Å². The number of hydrogen-bond donors (Lipinski definition) is 0. The molecular weight excluding hydrogens is 202 g/mol. The Labute approximate surface area is 91.9 Å². The van der Waals surface area contributed by atoms with E-state index in [2.05, 4.69) is 29.9 Å². The monoisotopic (exact) mass is 219 g/mol. The van der Waals surface area contributed by atoms with Gasteiger partial charge in [-0.1, -0.05) is 18.2 Å². The molecule has 0 bridgehead atoms. The molecule has 4 heteroatoms. The Kier molecular flexibility index (Phi) is 4.24. The predicted molar refractivity (Wildman–Crippen MR) is 66.2 cm³/mol. The van der Waals surface area contributed by atoms with Crippen LogP contribution in [0.25, 0.3) is 0 Å². The minimum Gasteiger partial charge on any atom is -0.220 e. The van der Waals surface area contributed by atoms with E-state index >= 15 is 0 Å². The summed E-state index contributed by atoms with van der Waals surface area (Å²) in [6.07, 6.45) is 9.28. The molecule has 1 aromatic heterocycles. The van der Waals surface area contributed by atoms with Crippen molar-refractivity contribution in [2.45, 2.75) is 18.1 Å². The van der Waals surface area contributed by atoms with Crippen molar-refractivity contribution in [1.29, 1.82) is 0 Å². The molecule has 0 spiro atoms. The van der Waals surface area contributed by atoms with Gasteiger partial charge in [-0.25, -0.2) is 4.46 Å². The summed E-state index contributed by atoms with van der Waals surface area (Å²) in [5.74, 6) is 0. The number of aromatic nitrogens is 3. The van der Waals surface area contributed by atoms with Crippen LogP contribution in [0.4, 0.5) is 0 Å². The molecule has 3 nitrogen and oxygen atoms in total. The number of hydrogen-bond acceptors (Lipinski definition) is 2. The van der Waals surface area contributed by atoms with Crippen LogP contribution in [0.2, 0.25) is 18.1 Å². The van der Waals surface area contributed by atoms with Gasteiger partial charge in [-0.05, 0) is 18.1 Å². The Balaban J connectivity index is 3.05. The van der Waals surface area contributed by atoms with Gasteiger partial charge >= 0.3 is 0 Å². The molecule has 0 radical (unpaired) electrons. The minimum absolute atomic E-state index is 0.944. The summed E-state index contributed by atoms with van der Waals surface area (Å²) in [6, 6.07) is 2.83. The quantitative estimate of drug-likeness (QED) is 0.521. The van der Waals surface area contributed by atoms with Gasteiger partial charge in [0.05, 0.1) is 12.4 Å². The third kappa shape index (κ3) is 2.53. The van der Waals surface area contributed by atoms with Crippen molar-refractivity contribution < 1.29 is 0 Å². The summed E-state index contributed by atoms with van der Waals surface area (Å²) in [5, 5.41) is 8.54.